The second-order valence-electron chi connectivity index (χ2n) is 9.36. The van der Waals surface area contributed by atoms with Crippen molar-refractivity contribution in [3.8, 4) is 11.1 Å². The maximum absolute atomic E-state index is 13.2. The van der Waals surface area contributed by atoms with Gasteiger partial charge in [0.15, 0.2) is 0 Å². The molecule has 5 rings (SSSR count). The first kappa shape index (κ1) is 22.3. The van der Waals surface area contributed by atoms with Gasteiger partial charge < -0.3 is 10.2 Å². The van der Waals surface area contributed by atoms with Gasteiger partial charge in [-0.1, -0.05) is 30.3 Å². The summed E-state index contributed by atoms with van der Waals surface area (Å²) < 4.78 is 13.2. The molecule has 1 aromatic heterocycles. The number of benzene rings is 2. The van der Waals surface area contributed by atoms with E-state index >= 15 is 0 Å². The second-order valence-corrected chi connectivity index (χ2v) is 9.36. The van der Waals surface area contributed by atoms with Crippen molar-refractivity contribution in [2.75, 3.05) is 19.6 Å². The third kappa shape index (κ3) is 4.72. The Hall–Kier alpha value is -3.54. The number of nitrogens with one attached hydrogen (secondary N) is 1. The lowest BCUT2D eigenvalue weighted by atomic mass is 9.90. The molecule has 2 aliphatic rings. The van der Waals surface area contributed by atoms with Crippen LogP contribution in [0.2, 0.25) is 0 Å². The number of aromatic nitrogens is 1. The first-order valence-electron chi connectivity index (χ1n) is 11.9. The van der Waals surface area contributed by atoms with Crippen LogP contribution in [-0.2, 0) is 11.2 Å². The fourth-order valence-electron chi connectivity index (χ4n) is 5.04. The molecule has 5 nitrogen and oxygen atoms in total. The normalized spacial score (nSPS) is 18.5. The van der Waals surface area contributed by atoms with Crippen LogP contribution in [-0.4, -0.2) is 41.3 Å². The minimum absolute atomic E-state index is 0.0255. The zero-order valence-corrected chi connectivity index (χ0v) is 19.0. The van der Waals surface area contributed by atoms with Gasteiger partial charge in [-0.25, -0.2) is 4.39 Å². The van der Waals surface area contributed by atoms with Crippen molar-refractivity contribution in [3.63, 3.8) is 0 Å². The third-order valence-corrected chi connectivity index (χ3v) is 7.27. The predicted molar refractivity (Wildman–Crippen MR) is 128 cm³/mol. The fraction of sp³-hybridized carbons (Fsp3) is 0.321. The van der Waals surface area contributed by atoms with Crippen molar-refractivity contribution in [2.45, 2.75) is 25.7 Å². The summed E-state index contributed by atoms with van der Waals surface area (Å²) in [6, 6.07) is 19.6. The molecule has 2 fully saturated rings. The highest BCUT2D eigenvalue weighted by atomic mass is 19.1. The van der Waals surface area contributed by atoms with Crippen molar-refractivity contribution < 1.29 is 14.0 Å². The molecule has 1 aliphatic heterocycles. The third-order valence-electron chi connectivity index (χ3n) is 7.27. The average Bonchev–Trinajstić information content (AvgIpc) is 3.58. The Balaban J connectivity index is 1.11. The van der Waals surface area contributed by atoms with Crippen LogP contribution in [0.5, 0.6) is 0 Å². The Morgan fingerprint density at radius 1 is 0.971 bits per heavy atom. The van der Waals surface area contributed by atoms with Crippen LogP contribution in [0.1, 0.15) is 35.3 Å². The summed E-state index contributed by atoms with van der Waals surface area (Å²) in [5, 5.41) is 3.07. The monoisotopic (exact) mass is 457 g/mol. The first-order valence-corrected chi connectivity index (χ1v) is 11.9. The van der Waals surface area contributed by atoms with Crippen molar-refractivity contribution in [1.82, 2.24) is 15.2 Å². The topological polar surface area (TPSA) is 62.3 Å². The quantitative estimate of drug-likeness (QED) is 0.593. The zero-order chi connectivity index (χ0) is 23.5. The molecule has 34 heavy (non-hydrogen) atoms. The summed E-state index contributed by atoms with van der Waals surface area (Å²) in [4.78, 5) is 31.8. The number of carbonyl (C=O) groups excluding carboxylic acids is 2. The van der Waals surface area contributed by atoms with Crippen LogP contribution >= 0.6 is 0 Å². The standard InChI is InChI=1S/C28H28FN3O2/c29-23-10-8-21(9-11-23)20-4-6-22(7-5-20)27(34)32-17-13-28(14-18-32)19-25(28)26(33)31-16-12-24-3-1-2-15-30-24/h1-11,15,25H,12-14,16-19H2,(H,31,33). The smallest absolute Gasteiger partial charge is 0.253 e. The Bertz CT molecular complexity index is 1150. The number of hydrogen-bond donors (Lipinski definition) is 1. The van der Waals surface area contributed by atoms with E-state index in [1.165, 1.54) is 12.1 Å². The van der Waals surface area contributed by atoms with Crippen molar-refractivity contribution in [2.24, 2.45) is 11.3 Å². The summed E-state index contributed by atoms with van der Waals surface area (Å²) in [5.41, 5.74) is 3.55. The van der Waals surface area contributed by atoms with Gasteiger partial charge in [-0.05, 0) is 72.2 Å². The molecule has 1 spiro atoms. The Morgan fingerprint density at radius 2 is 1.65 bits per heavy atom. The van der Waals surface area contributed by atoms with Gasteiger partial charge in [0.1, 0.15) is 5.82 Å². The highest BCUT2D eigenvalue weighted by Crippen LogP contribution is 2.59. The minimum Gasteiger partial charge on any atom is -0.355 e. The Kier molecular flexibility index (Phi) is 6.14. The molecule has 1 saturated carbocycles. The number of halogens is 1. The van der Waals surface area contributed by atoms with E-state index in [0.717, 1.165) is 42.5 Å². The number of piperidine rings is 1. The number of amides is 2. The number of rotatable bonds is 6. The highest BCUT2D eigenvalue weighted by molar-refractivity contribution is 5.95. The summed E-state index contributed by atoms with van der Waals surface area (Å²) >= 11 is 0. The molecule has 1 unspecified atom stereocenters. The molecule has 2 amide bonds. The summed E-state index contributed by atoms with van der Waals surface area (Å²) in [7, 11) is 0. The zero-order valence-electron chi connectivity index (χ0n) is 19.0. The molecule has 3 aromatic rings. The number of likely N-dealkylation sites (tertiary alicyclic amines) is 1. The van der Waals surface area contributed by atoms with Gasteiger partial charge in [0.25, 0.3) is 5.91 Å². The van der Waals surface area contributed by atoms with Crippen LogP contribution in [0.4, 0.5) is 4.39 Å². The van der Waals surface area contributed by atoms with Crippen LogP contribution in [0.3, 0.4) is 0 Å². The van der Waals surface area contributed by atoms with Gasteiger partial charge in [-0.3, -0.25) is 14.6 Å². The van der Waals surface area contributed by atoms with Crippen molar-refractivity contribution in [3.05, 3.63) is 90.0 Å². The maximum Gasteiger partial charge on any atom is 0.253 e. The predicted octanol–water partition coefficient (Wildman–Crippen LogP) is 4.49. The van der Waals surface area contributed by atoms with Gasteiger partial charge in [-0.15, -0.1) is 0 Å². The van der Waals surface area contributed by atoms with E-state index in [2.05, 4.69) is 10.3 Å². The van der Waals surface area contributed by atoms with Gasteiger partial charge >= 0.3 is 0 Å². The molecule has 2 heterocycles. The lowest BCUT2D eigenvalue weighted by Crippen LogP contribution is -2.40. The van der Waals surface area contributed by atoms with Gasteiger partial charge in [0.05, 0.1) is 0 Å². The number of pyridine rings is 1. The van der Waals surface area contributed by atoms with Gasteiger partial charge in [0, 0.05) is 49.4 Å². The van der Waals surface area contributed by atoms with Gasteiger partial charge in [-0.2, -0.15) is 0 Å². The molecule has 2 aromatic carbocycles. The van der Waals surface area contributed by atoms with E-state index in [9.17, 15) is 14.0 Å². The Labute approximate surface area is 199 Å². The molecule has 0 radical (unpaired) electrons. The van der Waals surface area contributed by atoms with Crippen molar-refractivity contribution >= 4 is 11.8 Å². The fourth-order valence-corrected chi connectivity index (χ4v) is 5.04. The van der Waals surface area contributed by atoms with E-state index in [0.29, 0.717) is 25.2 Å². The van der Waals surface area contributed by atoms with E-state index in [4.69, 9.17) is 0 Å². The summed E-state index contributed by atoms with van der Waals surface area (Å²) in [6.45, 7) is 1.95. The largest absolute Gasteiger partial charge is 0.355 e. The summed E-state index contributed by atoms with van der Waals surface area (Å²) in [6.07, 6.45) is 5.14. The molecule has 1 aliphatic carbocycles. The van der Waals surface area contributed by atoms with E-state index < -0.39 is 0 Å². The molecule has 1 saturated heterocycles. The number of nitrogens with zero attached hydrogens (tertiary/aromatic N) is 2. The second kappa shape index (κ2) is 9.37. The molecule has 1 N–H and O–H groups in total. The van der Waals surface area contributed by atoms with Crippen LogP contribution in [0.25, 0.3) is 11.1 Å². The van der Waals surface area contributed by atoms with E-state index in [1.54, 1.807) is 18.3 Å². The minimum atomic E-state index is -0.265. The first-order chi connectivity index (χ1) is 16.5. The molecule has 6 heteroatoms. The summed E-state index contributed by atoms with van der Waals surface area (Å²) in [5.74, 6) is -0.0497. The van der Waals surface area contributed by atoms with Crippen LogP contribution in [0, 0.1) is 17.2 Å². The average molecular weight is 458 g/mol. The number of hydrogen-bond acceptors (Lipinski definition) is 3. The van der Waals surface area contributed by atoms with E-state index in [1.807, 2.05) is 47.4 Å². The molecule has 0 bridgehead atoms. The van der Waals surface area contributed by atoms with Crippen molar-refractivity contribution in [1.29, 1.82) is 0 Å². The Morgan fingerprint density at radius 3 is 2.29 bits per heavy atom. The highest BCUT2D eigenvalue weighted by Gasteiger charge is 2.58. The molecular weight excluding hydrogens is 429 g/mol. The SMILES string of the molecule is O=C(NCCc1ccccn1)C1CC12CCN(C(=O)c1ccc(-c3ccc(F)cc3)cc1)CC2. The lowest BCUT2D eigenvalue weighted by molar-refractivity contribution is -0.123. The molecule has 1 atom stereocenters. The molecule has 174 valence electrons. The lowest BCUT2D eigenvalue weighted by Gasteiger charge is -2.33. The maximum atomic E-state index is 13.2. The van der Waals surface area contributed by atoms with Gasteiger partial charge in [0.2, 0.25) is 5.91 Å². The van der Waals surface area contributed by atoms with Crippen LogP contribution < -0.4 is 5.32 Å². The van der Waals surface area contributed by atoms with Crippen LogP contribution in [0.15, 0.2) is 72.9 Å². The number of carbonyl (C=O) groups is 2. The molecular formula is C28H28FN3O2. The van der Waals surface area contributed by atoms with E-state index in [-0.39, 0.29) is 29.0 Å².